The van der Waals surface area contributed by atoms with E-state index in [1.54, 1.807) is 30.3 Å². The van der Waals surface area contributed by atoms with Crippen LogP contribution in [0.1, 0.15) is 34.8 Å². The van der Waals surface area contributed by atoms with Gasteiger partial charge in [0.25, 0.3) is 5.91 Å². The highest BCUT2D eigenvalue weighted by Gasteiger charge is 2.54. The zero-order valence-corrected chi connectivity index (χ0v) is 25.8. The summed E-state index contributed by atoms with van der Waals surface area (Å²) in [6.07, 6.45) is -0.192. The second kappa shape index (κ2) is 15.1. The Balaban J connectivity index is 1.52. The molecule has 0 unspecified atom stereocenters. The van der Waals surface area contributed by atoms with E-state index >= 15 is 0 Å². The lowest BCUT2D eigenvalue weighted by Gasteiger charge is -2.31. The smallest absolute Gasteiger partial charge is 0.266 e. The van der Waals surface area contributed by atoms with Crippen LogP contribution in [0.3, 0.4) is 0 Å². The number of benzene rings is 4. The molecule has 0 saturated heterocycles. The number of amides is 1. The average molecular weight is 620 g/mol. The van der Waals surface area contributed by atoms with Gasteiger partial charge in [0.05, 0.1) is 6.61 Å². The summed E-state index contributed by atoms with van der Waals surface area (Å²) in [4.78, 5) is 24.5. The zero-order valence-electron chi connectivity index (χ0n) is 25.8. The van der Waals surface area contributed by atoms with Gasteiger partial charge < -0.3 is 19.5 Å². The third kappa shape index (κ3) is 7.47. The number of hydrogen-bond donors (Lipinski definition) is 3. The Hall–Kier alpha value is -5.35. The van der Waals surface area contributed by atoms with E-state index in [1.807, 2.05) is 91.8 Å². The van der Waals surface area contributed by atoms with Crippen LogP contribution in [0.15, 0.2) is 113 Å². The zero-order chi connectivity index (χ0) is 32.4. The number of aliphatic imine (C=N–C) groups is 1. The molecular formula is C35H37N7O4. The molecular weight excluding hydrogens is 582 g/mol. The minimum Gasteiger partial charge on any atom is -0.494 e. The number of aliphatic hydroxyl groups excluding tert-OH is 1. The number of rotatable bonds is 14. The minimum absolute atomic E-state index is 0.0462. The van der Waals surface area contributed by atoms with Crippen LogP contribution < -0.4 is 20.5 Å². The van der Waals surface area contributed by atoms with Gasteiger partial charge in [-0.25, -0.2) is 10.4 Å². The predicted octanol–water partition coefficient (Wildman–Crippen LogP) is 5.78. The number of hydrazine groups is 1. The first-order valence-corrected chi connectivity index (χ1v) is 15.0. The second-order valence-electron chi connectivity index (χ2n) is 11.1. The van der Waals surface area contributed by atoms with Crippen molar-refractivity contribution in [1.82, 2.24) is 10.9 Å². The predicted molar refractivity (Wildman–Crippen MR) is 178 cm³/mol. The van der Waals surface area contributed by atoms with Crippen molar-refractivity contribution < 1.29 is 19.4 Å². The lowest BCUT2D eigenvalue weighted by Crippen LogP contribution is -2.53. The van der Waals surface area contributed by atoms with Gasteiger partial charge in [-0.15, -0.1) is 0 Å². The molecule has 0 aromatic heterocycles. The first-order valence-electron chi connectivity index (χ1n) is 15.0. The summed E-state index contributed by atoms with van der Waals surface area (Å²) in [6, 6.07) is 31.9. The number of carbonyl (C=O) groups excluding carboxylic acids is 1. The highest BCUT2D eigenvalue weighted by Crippen LogP contribution is 2.45. The van der Waals surface area contributed by atoms with Crippen LogP contribution in [0.4, 0.5) is 11.4 Å². The number of carbonyl (C=O) groups is 1. The molecule has 0 aliphatic carbocycles. The van der Waals surface area contributed by atoms with Crippen molar-refractivity contribution in [3.63, 3.8) is 0 Å². The molecule has 0 fully saturated rings. The molecule has 0 bridgehead atoms. The van der Waals surface area contributed by atoms with Crippen LogP contribution in [0.25, 0.3) is 10.4 Å². The van der Waals surface area contributed by atoms with Gasteiger partial charge in [0.15, 0.2) is 11.6 Å². The molecule has 4 aromatic rings. The van der Waals surface area contributed by atoms with E-state index in [0.717, 1.165) is 16.8 Å². The summed E-state index contributed by atoms with van der Waals surface area (Å²) >= 11 is 0. The Kier molecular flexibility index (Phi) is 10.5. The molecule has 0 radical (unpaired) electrons. The second-order valence-corrected chi connectivity index (χ2v) is 11.1. The Morgan fingerprint density at radius 3 is 2.41 bits per heavy atom. The number of aliphatic hydroxyl groups is 1. The van der Waals surface area contributed by atoms with Crippen molar-refractivity contribution in [2.75, 3.05) is 32.2 Å². The fourth-order valence-corrected chi connectivity index (χ4v) is 5.26. The van der Waals surface area contributed by atoms with Gasteiger partial charge in [-0.2, -0.15) is 0 Å². The first kappa shape index (κ1) is 32.1. The molecule has 46 heavy (non-hydrogen) atoms. The number of hydrogen-bond acceptors (Lipinski definition) is 8. The van der Waals surface area contributed by atoms with Crippen molar-refractivity contribution in [2.45, 2.75) is 31.0 Å². The normalized spacial score (nSPS) is 16.9. The molecule has 2 atom stereocenters. The van der Waals surface area contributed by atoms with Crippen LogP contribution in [-0.4, -0.2) is 49.8 Å². The summed E-state index contributed by atoms with van der Waals surface area (Å²) in [5.41, 5.74) is 18.3. The van der Waals surface area contributed by atoms with Crippen LogP contribution >= 0.6 is 0 Å². The summed E-state index contributed by atoms with van der Waals surface area (Å²) in [7, 11) is 3.96. The lowest BCUT2D eigenvalue weighted by atomic mass is 9.81. The van der Waals surface area contributed by atoms with Crippen molar-refractivity contribution >= 4 is 23.2 Å². The number of anilines is 1. The first-order chi connectivity index (χ1) is 22.4. The van der Waals surface area contributed by atoms with Gasteiger partial charge >= 0.3 is 0 Å². The molecule has 236 valence electrons. The van der Waals surface area contributed by atoms with Crippen molar-refractivity contribution in [1.29, 1.82) is 0 Å². The van der Waals surface area contributed by atoms with E-state index in [0.29, 0.717) is 42.1 Å². The highest BCUT2D eigenvalue weighted by atomic mass is 16.5. The van der Waals surface area contributed by atoms with Gasteiger partial charge in [-0.3, -0.25) is 10.2 Å². The van der Waals surface area contributed by atoms with E-state index < -0.39 is 17.6 Å². The number of ether oxygens (including phenoxy) is 2. The minimum atomic E-state index is -1.48. The monoisotopic (exact) mass is 619 g/mol. The average Bonchev–Trinajstić information content (AvgIpc) is 3.46. The van der Waals surface area contributed by atoms with E-state index in [9.17, 15) is 10.3 Å². The number of azide groups is 1. The Morgan fingerprint density at radius 1 is 1.00 bits per heavy atom. The molecule has 4 aromatic carbocycles. The molecule has 0 spiro atoms. The van der Waals surface area contributed by atoms with Crippen LogP contribution in [0.5, 0.6) is 5.75 Å². The number of nitrogens with zero attached hydrogens (tertiary/aromatic N) is 5. The maximum atomic E-state index is 14.4. The van der Waals surface area contributed by atoms with Crippen molar-refractivity contribution in [2.24, 2.45) is 10.1 Å². The molecule has 3 N–H and O–H groups in total. The molecule has 1 amide bonds. The van der Waals surface area contributed by atoms with Crippen LogP contribution in [0.2, 0.25) is 0 Å². The Morgan fingerprint density at radius 2 is 1.72 bits per heavy atom. The largest absolute Gasteiger partial charge is 0.494 e. The van der Waals surface area contributed by atoms with Gasteiger partial charge in [0.1, 0.15) is 5.75 Å². The third-order valence-electron chi connectivity index (χ3n) is 7.67. The van der Waals surface area contributed by atoms with E-state index in [-0.39, 0.29) is 18.9 Å². The summed E-state index contributed by atoms with van der Waals surface area (Å²) in [5.74, 6) is 0.506. The van der Waals surface area contributed by atoms with Crippen molar-refractivity contribution in [3.8, 4) is 5.75 Å². The van der Waals surface area contributed by atoms with Gasteiger partial charge in [0, 0.05) is 67.5 Å². The SMILES string of the molecule is CN(C)c1ccc(CNNC(=O)[C@@]2(Cc3ccccc3)N=C(c3ccc(OCCCO)cc3)O[C@H]2c2ccccc2N=[N+]=[N-])cc1. The molecule has 11 nitrogen and oxygen atoms in total. The fraction of sp³-hybridized carbons (Fsp3) is 0.257. The quantitative estimate of drug-likeness (QED) is 0.0537. The maximum absolute atomic E-state index is 14.4. The topological polar surface area (TPSA) is 144 Å². The fourth-order valence-electron chi connectivity index (χ4n) is 5.26. The lowest BCUT2D eigenvalue weighted by molar-refractivity contribution is -0.130. The maximum Gasteiger partial charge on any atom is 0.266 e. The van der Waals surface area contributed by atoms with E-state index in [4.69, 9.17) is 19.6 Å². The molecule has 1 aliphatic heterocycles. The molecule has 0 saturated carbocycles. The summed E-state index contributed by atoms with van der Waals surface area (Å²) in [5, 5.41) is 13.0. The molecule has 11 heteroatoms. The highest BCUT2D eigenvalue weighted by molar-refractivity contribution is 6.01. The molecule has 5 rings (SSSR count). The van der Waals surface area contributed by atoms with Crippen LogP contribution in [0, 0.1) is 0 Å². The summed E-state index contributed by atoms with van der Waals surface area (Å²) in [6.45, 7) is 0.819. The Bertz CT molecular complexity index is 1690. The molecule has 1 heterocycles. The van der Waals surface area contributed by atoms with Gasteiger partial charge in [-0.1, -0.05) is 71.8 Å². The standard InChI is InChI=1S/C35H37N7O4/c1-42(2)28-17-13-26(14-18-28)24-37-40-34(44)35(23-25-9-4-3-5-10-25)32(30-11-6-7-12-31(30)39-41-36)46-33(38-35)27-15-19-29(20-16-27)45-22-8-21-43/h3-7,9-20,32,37,43H,8,21-24H2,1-2H3,(H,40,44)/t32-,35-/m0/s1. The number of nitrogens with one attached hydrogen (secondary N) is 2. The van der Waals surface area contributed by atoms with E-state index in [1.165, 1.54) is 0 Å². The van der Waals surface area contributed by atoms with Crippen molar-refractivity contribution in [3.05, 3.63) is 136 Å². The van der Waals surface area contributed by atoms with Gasteiger partial charge in [-0.05, 0) is 53.1 Å². The Labute approximate surface area is 268 Å². The summed E-state index contributed by atoms with van der Waals surface area (Å²) < 4.78 is 12.3. The van der Waals surface area contributed by atoms with E-state index in [2.05, 4.69) is 20.9 Å². The van der Waals surface area contributed by atoms with Crippen LogP contribution in [-0.2, 0) is 22.5 Å². The molecule has 1 aliphatic rings. The third-order valence-corrected chi connectivity index (χ3v) is 7.67. The van der Waals surface area contributed by atoms with Gasteiger partial charge in [0.2, 0.25) is 5.90 Å².